The Morgan fingerprint density at radius 3 is 2.81 bits per heavy atom. The van der Waals surface area contributed by atoms with E-state index < -0.39 is 0 Å². The molecule has 5 nitrogen and oxygen atoms in total. The molecule has 2 unspecified atom stereocenters. The van der Waals surface area contributed by atoms with Crippen LogP contribution in [0.25, 0.3) is 0 Å². The Kier molecular flexibility index (Phi) is 5.18. The minimum atomic E-state index is -0.171. The quantitative estimate of drug-likeness (QED) is 0.689. The van der Waals surface area contributed by atoms with Gasteiger partial charge in [-0.05, 0) is 20.8 Å². The van der Waals surface area contributed by atoms with Crippen molar-refractivity contribution < 1.29 is 14.6 Å². The molecule has 1 aliphatic heterocycles. The number of ether oxygens (including phenoxy) is 1. The number of nitrogens with one attached hydrogen (secondary N) is 1. The second-order valence-electron chi connectivity index (χ2n) is 4.67. The average molecular weight is 230 g/mol. The summed E-state index contributed by atoms with van der Waals surface area (Å²) in [5.41, 5.74) is 0. The fourth-order valence-corrected chi connectivity index (χ4v) is 1.94. The number of aliphatic hydroxyl groups is 1. The molecule has 0 bridgehead atoms. The molecule has 0 saturated carbocycles. The molecule has 2 atom stereocenters. The lowest BCUT2D eigenvalue weighted by Gasteiger charge is -2.35. The van der Waals surface area contributed by atoms with Crippen LogP contribution in [0.4, 0.5) is 0 Å². The summed E-state index contributed by atoms with van der Waals surface area (Å²) >= 11 is 0. The lowest BCUT2D eigenvalue weighted by molar-refractivity contribution is -0.129. The molecule has 0 aromatic carbocycles. The molecular formula is C11H22N2O3. The van der Waals surface area contributed by atoms with Crippen LogP contribution in [0.15, 0.2) is 0 Å². The summed E-state index contributed by atoms with van der Waals surface area (Å²) in [7, 11) is 0. The zero-order valence-corrected chi connectivity index (χ0v) is 10.3. The van der Waals surface area contributed by atoms with Crippen molar-refractivity contribution in [1.82, 2.24) is 10.2 Å². The van der Waals surface area contributed by atoms with E-state index in [-0.39, 0.29) is 30.8 Å². The second kappa shape index (κ2) is 6.18. The van der Waals surface area contributed by atoms with Crippen molar-refractivity contribution in [3.63, 3.8) is 0 Å². The summed E-state index contributed by atoms with van der Waals surface area (Å²) in [5.74, 6) is 0.0285. The molecule has 1 amide bonds. The van der Waals surface area contributed by atoms with Crippen LogP contribution in [-0.2, 0) is 9.53 Å². The van der Waals surface area contributed by atoms with E-state index in [0.717, 1.165) is 6.54 Å². The predicted molar refractivity (Wildman–Crippen MR) is 61.1 cm³/mol. The molecule has 2 N–H and O–H groups in total. The van der Waals surface area contributed by atoms with Crippen molar-refractivity contribution in [1.29, 1.82) is 0 Å². The number of aliphatic hydroxyl groups excluding tert-OH is 1. The number of morpholine rings is 1. The third-order valence-corrected chi connectivity index (χ3v) is 2.42. The summed E-state index contributed by atoms with van der Waals surface area (Å²) in [6.45, 7) is 7.57. The molecule has 16 heavy (non-hydrogen) atoms. The van der Waals surface area contributed by atoms with E-state index in [1.165, 1.54) is 0 Å². The Bertz CT molecular complexity index is 233. The summed E-state index contributed by atoms with van der Waals surface area (Å²) < 4.78 is 5.50. The van der Waals surface area contributed by atoms with Gasteiger partial charge in [0.15, 0.2) is 0 Å². The third kappa shape index (κ3) is 4.47. The van der Waals surface area contributed by atoms with Gasteiger partial charge in [0, 0.05) is 19.1 Å². The molecule has 1 rings (SSSR count). The van der Waals surface area contributed by atoms with Crippen LogP contribution < -0.4 is 5.32 Å². The van der Waals surface area contributed by atoms with E-state index in [4.69, 9.17) is 9.84 Å². The van der Waals surface area contributed by atoms with Gasteiger partial charge in [-0.2, -0.15) is 0 Å². The van der Waals surface area contributed by atoms with Crippen LogP contribution in [0.5, 0.6) is 0 Å². The molecule has 94 valence electrons. The van der Waals surface area contributed by atoms with Crippen molar-refractivity contribution in [2.75, 3.05) is 26.2 Å². The highest BCUT2D eigenvalue weighted by Gasteiger charge is 2.25. The molecule has 0 spiro atoms. The van der Waals surface area contributed by atoms with Crippen LogP contribution in [0.3, 0.4) is 0 Å². The van der Waals surface area contributed by atoms with Gasteiger partial charge in [-0.25, -0.2) is 0 Å². The fourth-order valence-electron chi connectivity index (χ4n) is 1.94. The first-order chi connectivity index (χ1) is 7.51. The smallest absolute Gasteiger partial charge is 0.234 e. The first kappa shape index (κ1) is 13.4. The predicted octanol–water partition coefficient (Wildman–Crippen LogP) is -0.407. The van der Waals surface area contributed by atoms with Gasteiger partial charge >= 0.3 is 0 Å². The SMILES string of the molecule is CC(C)NC(=O)CN1CC(C)OC(CO)C1. The monoisotopic (exact) mass is 230 g/mol. The number of hydrogen-bond donors (Lipinski definition) is 2. The van der Waals surface area contributed by atoms with Gasteiger partial charge < -0.3 is 15.2 Å². The van der Waals surface area contributed by atoms with Crippen molar-refractivity contribution in [2.45, 2.75) is 39.0 Å². The summed E-state index contributed by atoms with van der Waals surface area (Å²) in [4.78, 5) is 13.6. The molecule has 1 fully saturated rings. The van der Waals surface area contributed by atoms with E-state index in [2.05, 4.69) is 5.32 Å². The van der Waals surface area contributed by atoms with Crippen LogP contribution in [-0.4, -0.2) is 60.4 Å². The maximum absolute atomic E-state index is 11.6. The summed E-state index contributed by atoms with van der Waals surface area (Å²) in [6.07, 6.45) is -0.103. The normalized spacial score (nSPS) is 27.1. The maximum atomic E-state index is 11.6. The number of rotatable bonds is 4. The third-order valence-electron chi connectivity index (χ3n) is 2.42. The van der Waals surface area contributed by atoms with Gasteiger partial charge in [-0.15, -0.1) is 0 Å². The number of amides is 1. The second-order valence-corrected chi connectivity index (χ2v) is 4.67. The molecule has 5 heteroatoms. The molecule has 0 radical (unpaired) electrons. The Labute approximate surface area is 96.8 Å². The number of hydrogen-bond acceptors (Lipinski definition) is 4. The Morgan fingerprint density at radius 1 is 1.56 bits per heavy atom. The highest BCUT2D eigenvalue weighted by molar-refractivity contribution is 5.78. The van der Waals surface area contributed by atoms with Crippen molar-refractivity contribution in [3.8, 4) is 0 Å². The van der Waals surface area contributed by atoms with E-state index in [1.54, 1.807) is 0 Å². The minimum Gasteiger partial charge on any atom is -0.394 e. The van der Waals surface area contributed by atoms with Gasteiger partial charge in [0.2, 0.25) is 5.91 Å². The zero-order valence-electron chi connectivity index (χ0n) is 10.3. The first-order valence-corrected chi connectivity index (χ1v) is 5.79. The highest BCUT2D eigenvalue weighted by Crippen LogP contribution is 2.10. The van der Waals surface area contributed by atoms with Crippen molar-refractivity contribution >= 4 is 5.91 Å². The molecule has 0 aromatic heterocycles. The fraction of sp³-hybridized carbons (Fsp3) is 0.909. The summed E-state index contributed by atoms with van der Waals surface area (Å²) in [5, 5.41) is 11.9. The van der Waals surface area contributed by atoms with Gasteiger partial charge in [0.1, 0.15) is 0 Å². The molecular weight excluding hydrogens is 208 g/mol. The topological polar surface area (TPSA) is 61.8 Å². The lowest BCUT2D eigenvalue weighted by Crippen LogP contribution is -2.51. The molecule has 1 heterocycles. The number of carbonyl (C=O) groups excluding carboxylic acids is 1. The minimum absolute atomic E-state index is 0.00659. The van der Waals surface area contributed by atoms with Crippen LogP contribution >= 0.6 is 0 Å². The molecule has 1 saturated heterocycles. The standard InChI is InChI=1S/C11H22N2O3/c1-8(2)12-11(15)6-13-4-9(3)16-10(5-13)7-14/h8-10,14H,4-7H2,1-3H3,(H,12,15). The summed E-state index contributed by atoms with van der Waals surface area (Å²) in [6, 6.07) is 0.166. The van der Waals surface area contributed by atoms with Gasteiger partial charge in [-0.1, -0.05) is 0 Å². The van der Waals surface area contributed by atoms with E-state index in [1.807, 2.05) is 25.7 Å². The van der Waals surface area contributed by atoms with Crippen LogP contribution in [0.1, 0.15) is 20.8 Å². The first-order valence-electron chi connectivity index (χ1n) is 5.79. The van der Waals surface area contributed by atoms with Gasteiger partial charge in [0.05, 0.1) is 25.4 Å². The van der Waals surface area contributed by atoms with E-state index in [9.17, 15) is 4.79 Å². The number of nitrogens with zero attached hydrogens (tertiary/aromatic N) is 1. The van der Waals surface area contributed by atoms with Crippen molar-refractivity contribution in [2.24, 2.45) is 0 Å². The lowest BCUT2D eigenvalue weighted by atomic mass is 10.2. The Hall–Kier alpha value is -0.650. The van der Waals surface area contributed by atoms with Gasteiger partial charge in [-0.3, -0.25) is 9.69 Å². The van der Waals surface area contributed by atoms with Gasteiger partial charge in [0.25, 0.3) is 0 Å². The van der Waals surface area contributed by atoms with Crippen molar-refractivity contribution in [3.05, 3.63) is 0 Å². The van der Waals surface area contributed by atoms with E-state index in [0.29, 0.717) is 13.1 Å². The Balaban J connectivity index is 2.38. The van der Waals surface area contributed by atoms with Crippen LogP contribution in [0.2, 0.25) is 0 Å². The molecule has 0 aliphatic carbocycles. The largest absolute Gasteiger partial charge is 0.394 e. The molecule has 1 aliphatic rings. The highest BCUT2D eigenvalue weighted by atomic mass is 16.5. The number of carbonyl (C=O) groups is 1. The average Bonchev–Trinajstić information content (AvgIpc) is 2.14. The maximum Gasteiger partial charge on any atom is 0.234 e. The zero-order chi connectivity index (χ0) is 12.1. The van der Waals surface area contributed by atoms with E-state index >= 15 is 0 Å². The molecule has 0 aromatic rings. The Morgan fingerprint density at radius 2 is 2.25 bits per heavy atom. The van der Waals surface area contributed by atoms with Crippen LogP contribution in [0, 0.1) is 0 Å².